The lowest BCUT2D eigenvalue weighted by Crippen LogP contribution is -2.43. The molecule has 1 aromatic heterocycles. The maximum Gasteiger partial charge on any atom is 0.421 e. The van der Waals surface area contributed by atoms with Gasteiger partial charge in [-0.25, -0.2) is 9.78 Å². The first-order chi connectivity index (χ1) is 18.4. The number of carbonyl (C=O) groups excluding carboxylic acids is 2. The second-order valence-corrected chi connectivity index (χ2v) is 9.39. The first-order valence-electron chi connectivity index (χ1n) is 13.7. The molecule has 3 rings (SSSR count). The van der Waals surface area contributed by atoms with Gasteiger partial charge in [0.05, 0.1) is 18.4 Å². The van der Waals surface area contributed by atoms with Gasteiger partial charge in [-0.05, 0) is 82.2 Å². The second kappa shape index (κ2) is 15.5. The van der Waals surface area contributed by atoms with Crippen LogP contribution in [0, 0.1) is 18.8 Å². The predicted molar refractivity (Wildman–Crippen MR) is 148 cm³/mol. The van der Waals surface area contributed by atoms with Crippen molar-refractivity contribution in [2.24, 2.45) is 11.8 Å². The summed E-state index contributed by atoms with van der Waals surface area (Å²) in [6.07, 6.45) is 0.0743. The Morgan fingerprint density at radius 1 is 1.03 bits per heavy atom. The molecular weight excluding hydrogens is 509 g/mol. The topological polar surface area (TPSA) is 68.7 Å². The van der Waals surface area contributed by atoms with Crippen LogP contribution < -0.4 is 9.64 Å². The summed E-state index contributed by atoms with van der Waals surface area (Å²) >= 11 is 0. The van der Waals surface area contributed by atoms with Gasteiger partial charge in [0.25, 0.3) is 0 Å². The lowest BCUT2D eigenvalue weighted by Gasteiger charge is -2.34. The number of carbonyl (C=O) groups is 2. The summed E-state index contributed by atoms with van der Waals surface area (Å²) in [4.78, 5) is 31.5. The van der Waals surface area contributed by atoms with E-state index in [2.05, 4.69) is 11.9 Å². The lowest BCUT2D eigenvalue weighted by molar-refractivity contribution is -0.139. The number of rotatable bonds is 6. The molecule has 9 heteroatoms. The minimum Gasteiger partial charge on any atom is -0.465 e. The van der Waals surface area contributed by atoms with Gasteiger partial charge in [0.2, 0.25) is 11.8 Å². The van der Waals surface area contributed by atoms with E-state index < -0.39 is 23.6 Å². The number of methoxy groups -OCH3 is 1. The normalized spacial score (nSPS) is 16.7. The number of aromatic nitrogens is 1. The largest absolute Gasteiger partial charge is 0.465 e. The Labute approximate surface area is 230 Å². The summed E-state index contributed by atoms with van der Waals surface area (Å²) in [5.41, 5.74) is -0.335. The molecule has 1 heterocycles. The lowest BCUT2D eigenvalue weighted by atomic mass is 9.82. The van der Waals surface area contributed by atoms with Crippen LogP contribution in [0.25, 0.3) is 0 Å². The maximum absolute atomic E-state index is 13.5. The van der Waals surface area contributed by atoms with E-state index in [-0.39, 0.29) is 29.2 Å². The number of benzene rings is 1. The molecule has 39 heavy (non-hydrogen) atoms. The van der Waals surface area contributed by atoms with Crippen LogP contribution in [0.3, 0.4) is 0 Å². The van der Waals surface area contributed by atoms with E-state index in [1.54, 1.807) is 4.90 Å². The molecule has 0 atom stereocenters. The highest BCUT2D eigenvalue weighted by Gasteiger charge is 2.36. The number of pyridine rings is 1. The van der Waals surface area contributed by atoms with E-state index >= 15 is 0 Å². The third kappa shape index (κ3) is 8.97. The quantitative estimate of drug-likeness (QED) is 0.336. The van der Waals surface area contributed by atoms with Gasteiger partial charge in [0.1, 0.15) is 11.3 Å². The Morgan fingerprint density at radius 3 is 2.13 bits per heavy atom. The standard InChI is InChI=1S/C26H31F3N2O4.2C2H6/c1-15(2)31(24(32)18-8-6-16(3)7-9-18)22-11-10-19(13-20(22)25(33)34-5)35-23-21(26(27,28)29)12-17(4)14-30-23;2*1-2/h10-16,18H,6-9H2,1-5H3;2*1-2H3. The van der Waals surface area contributed by atoms with Crippen molar-refractivity contribution in [1.82, 2.24) is 4.98 Å². The van der Waals surface area contributed by atoms with Gasteiger partial charge in [0, 0.05) is 18.2 Å². The molecule has 0 aliphatic heterocycles. The number of amides is 1. The van der Waals surface area contributed by atoms with Gasteiger partial charge in [0.15, 0.2) is 0 Å². The smallest absolute Gasteiger partial charge is 0.421 e. The minimum absolute atomic E-state index is 0.0249. The third-order valence-electron chi connectivity index (χ3n) is 6.26. The molecule has 0 bridgehead atoms. The van der Waals surface area contributed by atoms with Crippen LogP contribution in [0.5, 0.6) is 11.6 Å². The Kier molecular flexibility index (Phi) is 13.5. The summed E-state index contributed by atoms with van der Waals surface area (Å²) < 4.78 is 50.9. The van der Waals surface area contributed by atoms with Gasteiger partial charge in [-0.2, -0.15) is 13.2 Å². The molecule has 0 saturated heterocycles. The summed E-state index contributed by atoms with van der Waals surface area (Å²) in [6.45, 7) is 15.4. The number of anilines is 1. The number of nitrogens with zero attached hydrogens (tertiary/aromatic N) is 2. The van der Waals surface area contributed by atoms with Gasteiger partial charge >= 0.3 is 12.1 Å². The molecule has 218 valence electrons. The zero-order chi connectivity index (χ0) is 29.9. The van der Waals surface area contributed by atoms with Crippen LogP contribution in [0.2, 0.25) is 0 Å². The van der Waals surface area contributed by atoms with Crippen molar-refractivity contribution in [3.05, 3.63) is 47.2 Å². The monoisotopic (exact) mass is 552 g/mol. The highest BCUT2D eigenvalue weighted by molar-refractivity contribution is 6.04. The predicted octanol–water partition coefficient (Wildman–Crippen LogP) is 8.61. The van der Waals surface area contributed by atoms with Crippen LogP contribution in [-0.2, 0) is 15.7 Å². The Morgan fingerprint density at radius 2 is 1.62 bits per heavy atom. The fourth-order valence-electron chi connectivity index (χ4n) is 4.37. The average molecular weight is 553 g/mol. The van der Waals surface area contributed by atoms with Crippen LogP contribution in [-0.4, -0.2) is 30.0 Å². The highest BCUT2D eigenvalue weighted by atomic mass is 19.4. The van der Waals surface area contributed by atoms with E-state index in [1.807, 2.05) is 41.5 Å². The van der Waals surface area contributed by atoms with Crippen molar-refractivity contribution in [3.63, 3.8) is 0 Å². The van der Waals surface area contributed by atoms with E-state index in [0.717, 1.165) is 31.7 Å². The molecule has 1 aromatic carbocycles. The Balaban J connectivity index is 0.00000181. The number of ether oxygens (including phenoxy) is 2. The maximum atomic E-state index is 13.5. The second-order valence-electron chi connectivity index (χ2n) is 9.39. The van der Waals surface area contributed by atoms with Crippen molar-refractivity contribution >= 4 is 17.6 Å². The van der Waals surface area contributed by atoms with Gasteiger partial charge in [-0.3, -0.25) is 4.79 Å². The number of aryl methyl sites for hydroxylation is 1. The summed E-state index contributed by atoms with van der Waals surface area (Å²) in [6, 6.07) is 4.91. The molecular formula is C30H43F3N2O4. The molecule has 0 radical (unpaired) electrons. The SMILES string of the molecule is CC.CC.COC(=O)c1cc(Oc2ncc(C)cc2C(F)(F)F)ccc1N(C(=O)C1CCC(C)CC1)C(C)C. The zero-order valence-electron chi connectivity index (χ0n) is 24.6. The number of halogens is 3. The van der Waals surface area contributed by atoms with Crippen LogP contribution in [0.4, 0.5) is 18.9 Å². The summed E-state index contributed by atoms with van der Waals surface area (Å²) in [5.74, 6) is -1.04. The molecule has 1 aliphatic carbocycles. The van der Waals surface area contributed by atoms with Crippen LogP contribution >= 0.6 is 0 Å². The number of esters is 1. The zero-order valence-corrected chi connectivity index (χ0v) is 24.6. The van der Waals surface area contributed by atoms with E-state index in [4.69, 9.17) is 9.47 Å². The van der Waals surface area contributed by atoms with Crippen molar-refractivity contribution in [2.45, 2.75) is 93.3 Å². The first kappa shape index (κ1) is 33.9. The van der Waals surface area contributed by atoms with Crippen molar-refractivity contribution < 1.29 is 32.2 Å². The first-order valence-corrected chi connectivity index (χ1v) is 13.7. The fourth-order valence-corrected chi connectivity index (χ4v) is 4.37. The molecule has 1 aliphatic rings. The average Bonchev–Trinajstić information content (AvgIpc) is 2.92. The van der Waals surface area contributed by atoms with E-state index in [9.17, 15) is 22.8 Å². The van der Waals surface area contributed by atoms with Crippen molar-refractivity contribution in [3.8, 4) is 11.6 Å². The highest BCUT2D eigenvalue weighted by Crippen LogP contribution is 2.39. The van der Waals surface area contributed by atoms with Gasteiger partial charge < -0.3 is 14.4 Å². The molecule has 0 N–H and O–H groups in total. The molecule has 6 nitrogen and oxygen atoms in total. The van der Waals surface area contributed by atoms with Crippen LogP contribution in [0.1, 0.15) is 95.6 Å². The van der Waals surface area contributed by atoms with Gasteiger partial charge in [-0.15, -0.1) is 0 Å². The van der Waals surface area contributed by atoms with Gasteiger partial charge in [-0.1, -0.05) is 34.6 Å². The Bertz CT molecular complexity index is 1080. The number of hydrogen-bond acceptors (Lipinski definition) is 5. The number of hydrogen-bond donors (Lipinski definition) is 0. The Hall–Kier alpha value is -3.10. The minimum atomic E-state index is -4.67. The molecule has 1 amide bonds. The molecule has 1 fully saturated rings. The summed E-state index contributed by atoms with van der Waals surface area (Å²) in [7, 11) is 1.20. The summed E-state index contributed by atoms with van der Waals surface area (Å²) in [5, 5.41) is 0. The molecule has 0 spiro atoms. The van der Waals surface area contributed by atoms with Crippen molar-refractivity contribution in [1.29, 1.82) is 0 Å². The fraction of sp³-hybridized carbons (Fsp3) is 0.567. The number of alkyl halides is 3. The molecule has 1 saturated carbocycles. The van der Waals surface area contributed by atoms with E-state index in [0.29, 0.717) is 17.2 Å². The molecule has 2 aromatic rings. The van der Waals surface area contributed by atoms with Crippen molar-refractivity contribution in [2.75, 3.05) is 12.0 Å². The third-order valence-corrected chi connectivity index (χ3v) is 6.26. The van der Waals surface area contributed by atoms with Crippen LogP contribution in [0.15, 0.2) is 30.5 Å². The molecule has 0 unspecified atom stereocenters. The van der Waals surface area contributed by atoms with E-state index in [1.165, 1.54) is 38.4 Å².